The van der Waals surface area contributed by atoms with Crippen molar-refractivity contribution in [2.45, 2.75) is 26.7 Å². The number of β-amino-alcohol motifs (C(OH)–C–C–N with tert-alkyl or cyclic N) is 1. The van der Waals surface area contributed by atoms with E-state index in [-0.39, 0.29) is 18.4 Å². The van der Waals surface area contributed by atoms with Gasteiger partial charge in [-0.2, -0.15) is 0 Å². The molecular formula is C22H31N3O4. The number of rotatable bonds is 9. The van der Waals surface area contributed by atoms with E-state index in [4.69, 9.17) is 9.84 Å². The smallest absolute Gasteiger partial charge is 0.277 e. The molecule has 2 heterocycles. The fraction of sp³-hybridized carbons (Fsp3) is 0.545. The van der Waals surface area contributed by atoms with Crippen molar-refractivity contribution >= 4 is 17.4 Å². The third-order valence-corrected chi connectivity index (χ3v) is 5.31. The van der Waals surface area contributed by atoms with E-state index < -0.39 is 0 Å². The molecule has 0 saturated carbocycles. The van der Waals surface area contributed by atoms with Gasteiger partial charge in [0.05, 0.1) is 18.8 Å². The Balaban J connectivity index is 1.89. The lowest BCUT2D eigenvalue weighted by Gasteiger charge is -2.36. The van der Waals surface area contributed by atoms with Gasteiger partial charge >= 0.3 is 0 Å². The number of hydrogen-bond donors (Lipinski definition) is 1. The van der Waals surface area contributed by atoms with E-state index in [1.807, 2.05) is 36.1 Å². The van der Waals surface area contributed by atoms with Crippen LogP contribution in [0.3, 0.4) is 0 Å². The number of imide groups is 1. The van der Waals surface area contributed by atoms with Crippen molar-refractivity contribution in [1.29, 1.82) is 0 Å². The van der Waals surface area contributed by atoms with E-state index in [1.54, 1.807) is 0 Å². The highest BCUT2D eigenvalue weighted by Crippen LogP contribution is 2.33. The number of carbonyl (C=O) groups is 2. The molecule has 0 radical (unpaired) electrons. The van der Waals surface area contributed by atoms with Crippen molar-refractivity contribution in [3.63, 3.8) is 0 Å². The summed E-state index contributed by atoms with van der Waals surface area (Å²) in [5, 5.41) is 9.15. The Morgan fingerprint density at radius 2 is 1.62 bits per heavy atom. The minimum atomic E-state index is -0.216. The van der Waals surface area contributed by atoms with Crippen molar-refractivity contribution in [2.24, 2.45) is 0 Å². The van der Waals surface area contributed by atoms with Crippen LogP contribution in [0.25, 0.3) is 5.57 Å². The maximum absolute atomic E-state index is 13.1. The second-order valence-corrected chi connectivity index (χ2v) is 7.41. The monoisotopic (exact) mass is 401 g/mol. The van der Waals surface area contributed by atoms with E-state index in [2.05, 4.69) is 11.8 Å². The molecule has 1 fully saturated rings. The predicted molar refractivity (Wildman–Crippen MR) is 111 cm³/mol. The number of ether oxygens (including phenoxy) is 1. The van der Waals surface area contributed by atoms with E-state index in [1.165, 1.54) is 4.90 Å². The molecule has 1 aromatic rings. The molecule has 0 spiro atoms. The molecule has 3 rings (SSSR count). The Morgan fingerprint density at radius 3 is 2.21 bits per heavy atom. The number of piperazine rings is 1. The number of benzene rings is 1. The van der Waals surface area contributed by atoms with E-state index in [9.17, 15) is 9.59 Å². The highest BCUT2D eigenvalue weighted by molar-refractivity contribution is 6.35. The molecule has 0 bridgehead atoms. The number of nitrogens with zero attached hydrogens (tertiary/aromatic N) is 3. The van der Waals surface area contributed by atoms with Crippen LogP contribution in [-0.4, -0.2) is 84.1 Å². The Labute approximate surface area is 172 Å². The van der Waals surface area contributed by atoms with Crippen LogP contribution in [0.2, 0.25) is 0 Å². The standard InChI is InChI=1S/C22H31N3O4/c1-3-9-25-21(27)19(17-5-7-18(8-6-17)29-16-4-2)20(22(25)28)24-12-10-23(11-13-24)14-15-26/h5-8,26H,3-4,9-16H2,1-2H3. The van der Waals surface area contributed by atoms with Crippen LogP contribution in [-0.2, 0) is 9.59 Å². The number of aliphatic hydroxyl groups excluding tert-OH is 1. The summed E-state index contributed by atoms with van der Waals surface area (Å²) in [4.78, 5) is 31.8. The van der Waals surface area contributed by atoms with Crippen molar-refractivity contribution in [3.05, 3.63) is 35.5 Å². The zero-order chi connectivity index (χ0) is 20.8. The summed E-state index contributed by atoms with van der Waals surface area (Å²) in [6.45, 7) is 8.69. The van der Waals surface area contributed by atoms with Gasteiger partial charge in [-0.1, -0.05) is 26.0 Å². The maximum Gasteiger partial charge on any atom is 0.277 e. The average Bonchev–Trinajstić information content (AvgIpc) is 2.98. The quantitative estimate of drug-likeness (QED) is 0.634. The lowest BCUT2D eigenvalue weighted by Crippen LogP contribution is -2.48. The third kappa shape index (κ3) is 4.62. The van der Waals surface area contributed by atoms with Gasteiger partial charge in [-0.15, -0.1) is 0 Å². The maximum atomic E-state index is 13.1. The minimum Gasteiger partial charge on any atom is -0.494 e. The molecule has 2 amide bonds. The van der Waals surface area contributed by atoms with Crippen LogP contribution in [0, 0.1) is 0 Å². The van der Waals surface area contributed by atoms with Gasteiger partial charge in [0.1, 0.15) is 11.4 Å². The van der Waals surface area contributed by atoms with Crippen LogP contribution in [0.5, 0.6) is 5.75 Å². The highest BCUT2D eigenvalue weighted by Gasteiger charge is 2.41. The molecule has 0 aromatic heterocycles. The van der Waals surface area contributed by atoms with Crippen LogP contribution >= 0.6 is 0 Å². The summed E-state index contributed by atoms with van der Waals surface area (Å²) in [6.07, 6.45) is 1.66. The van der Waals surface area contributed by atoms with Crippen LogP contribution in [0.1, 0.15) is 32.3 Å². The lowest BCUT2D eigenvalue weighted by atomic mass is 10.0. The first-order chi connectivity index (χ1) is 14.1. The summed E-state index contributed by atoms with van der Waals surface area (Å²) >= 11 is 0. The largest absolute Gasteiger partial charge is 0.494 e. The first-order valence-corrected chi connectivity index (χ1v) is 10.5. The zero-order valence-electron chi connectivity index (χ0n) is 17.4. The SMILES string of the molecule is CCCOc1ccc(C2=C(N3CCN(CCO)CC3)C(=O)N(CCC)C2=O)cc1. The summed E-state index contributed by atoms with van der Waals surface area (Å²) in [6, 6.07) is 7.44. The van der Waals surface area contributed by atoms with Gasteiger partial charge in [0.15, 0.2) is 0 Å². The molecule has 0 aliphatic carbocycles. The summed E-state index contributed by atoms with van der Waals surface area (Å²) in [5.41, 5.74) is 1.74. The second-order valence-electron chi connectivity index (χ2n) is 7.41. The van der Waals surface area contributed by atoms with Gasteiger partial charge in [0, 0.05) is 39.3 Å². The second kappa shape index (κ2) is 9.89. The zero-order valence-corrected chi connectivity index (χ0v) is 17.4. The Morgan fingerprint density at radius 1 is 0.931 bits per heavy atom. The van der Waals surface area contributed by atoms with Crippen molar-refractivity contribution in [3.8, 4) is 5.75 Å². The summed E-state index contributed by atoms with van der Waals surface area (Å²) in [7, 11) is 0. The lowest BCUT2D eigenvalue weighted by molar-refractivity contribution is -0.137. The van der Waals surface area contributed by atoms with Gasteiger partial charge < -0.3 is 14.7 Å². The predicted octanol–water partition coefficient (Wildman–Crippen LogP) is 1.58. The molecule has 1 aromatic carbocycles. The molecule has 1 saturated heterocycles. The molecule has 2 aliphatic heterocycles. The van der Waals surface area contributed by atoms with Gasteiger partial charge in [0.25, 0.3) is 11.8 Å². The summed E-state index contributed by atoms with van der Waals surface area (Å²) < 4.78 is 5.64. The number of hydrogen-bond acceptors (Lipinski definition) is 6. The molecular weight excluding hydrogens is 370 g/mol. The topological polar surface area (TPSA) is 73.3 Å². The molecule has 7 nitrogen and oxygen atoms in total. The van der Waals surface area contributed by atoms with Crippen LogP contribution < -0.4 is 4.74 Å². The van der Waals surface area contributed by atoms with Crippen LogP contribution in [0.4, 0.5) is 0 Å². The molecule has 2 aliphatic rings. The fourth-order valence-electron chi connectivity index (χ4n) is 3.82. The van der Waals surface area contributed by atoms with E-state index in [0.717, 1.165) is 37.2 Å². The van der Waals surface area contributed by atoms with Gasteiger partial charge in [-0.05, 0) is 30.5 Å². The van der Waals surface area contributed by atoms with Crippen molar-refractivity contribution in [2.75, 3.05) is 52.5 Å². The fourth-order valence-corrected chi connectivity index (χ4v) is 3.82. The first kappa shape index (κ1) is 21.3. The Hall–Kier alpha value is -2.38. The van der Waals surface area contributed by atoms with Gasteiger partial charge in [-0.3, -0.25) is 19.4 Å². The van der Waals surface area contributed by atoms with Crippen LogP contribution in [0.15, 0.2) is 30.0 Å². The van der Waals surface area contributed by atoms with Crippen molar-refractivity contribution < 1.29 is 19.4 Å². The van der Waals surface area contributed by atoms with Crippen molar-refractivity contribution in [1.82, 2.24) is 14.7 Å². The number of carbonyl (C=O) groups excluding carboxylic acids is 2. The molecule has 158 valence electrons. The molecule has 29 heavy (non-hydrogen) atoms. The first-order valence-electron chi connectivity index (χ1n) is 10.5. The van der Waals surface area contributed by atoms with Gasteiger partial charge in [0.2, 0.25) is 0 Å². The summed E-state index contributed by atoms with van der Waals surface area (Å²) in [5.74, 6) is 0.346. The third-order valence-electron chi connectivity index (χ3n) is 5.31. The molecule has 0 unspecified atom stereocenters. The van der Waals surface area contributed by atoms with Gasteiger partial charge in [-0.25, -0.2) is 0 Å². The van der Waals surface area contributed by atoms with E-state index >= 15 is 0 Å². The normalized spacial score (nSPS) is 18.2. The molecule has 7 heteroatoms. The Kier molecular flexibility index (Phi) is 7.28. The minimum absolute atomic E-state index is 0.127. The Bertz CT molecular complexity index is 752. The number of amides is 2. The average molecular weight is 402 g/mol. The molecule has 1 N–H and O–H groups in total. The highest BCUT2D eigenvalue weighted by atomic mass is 16.5. The molecule has 0 atom stereocenters. The van der Waals surface area contributed by atoms with E-state index in [0.29, 0.717) is 44.1 Å². The number of aliphatic hydroxyl groups is 1.